The maximum atomic E-state index is 6.32. The van der Waals surface area contributed by atoms with Crippen molar-refractivity contribution < 1.29 is 4.42 Å². The van der Waals surface area contributed by atoms with Crippen LogP contribution >= 0.6 is 0 Å². The summed E-state index contributed by atoms with van der Waals surface area (Å²) in [6.45, 7) is 0. The minimum atomic E-state index is 0.899. The van der Waals surface area contributed by atoms with Crippen LogP contribution in [0.1, 0.15) is 0 Å². The molecule has 3 heterocycles. The summed E-state index contributed by atoms with van der Waals surface area (Å²) < 4.78 is 11.2. The van der Waals surface area contributed by atoms with Gasteiger partial charge >= 0.3 is 0 Å². The highest BCUT2D eigenvalue weighted by Gasteiger charge is 2.22. The zero-order valence-electron chi connectivity index (χ0n) is 24.3. The standard InChI is InChI=1S/C42H26N2O/c1-2-11-27(12-3-1)28-21-23-29(24-22-28)43-33-16-7-4-13-30(33)41-36(43)25-26-37-42(41)31-14-5-8-17-34(31)44(37)35-18-10-20-39-40(35)32-15-6-9-19-38(32)45-39/h1-26H. The second-order valence-corrected chi connectivity index (χ2v) is 11.7. The lowest BCUT2D eigenvalue weighted by atomic mass is 10.1. The predicted molar refractivity (Wildman–Crippen MR) is 188 cm³/mol. The third kappa shape index (κ3) is 3.41. The molecule has 10 aromatic rings. The van der Waals surface area contributed by atoms with Crippen LogP contribution in [0, 0.1) is 0 Å². The van der Waals surface area contributed by atoms with Gasteiger partial charge in [0.25, 0.3) is 0 Å². The maximum absolute atomic E-state index is 6.32. The minimum Gasteiger partial charge on any atom is -0.456 e. The van der Waals surface area contributed by atoms with Gasteiger partial charge in [0, 0.05) is 32.6 Å². The van der Waals surface area contributed by atoms with Crippen LogP contribution in [0.15, 0.2) is 162 Å². The molecule has 210 valence electrons. The van der Waals surface area contributed by atoms with E-state index in [-0.39, 0.29) is 0 Å². The lowest BCUT2D eigenvalue weighted by Crippen LogP contribution is -1.95. The van der Waals surface area contributed by atoms with Crippen molar-refractivity contribution in [2.75, 3.05) is 0 Å². The number of fused-ring (bicyclic) bond motifs is 10. The molecule has 0 bridgehead atoms. The number of nitrogens with zero attached hydrogens (tertiary/aromatic N) is 2. The smallest absolute Gasteiger partial charge is 0.137 e. The highest BCUT2D eigenvalue weighted by atomic mass is 16.3. The number of aromatic nitrogens is 2. The fourth-order valence-corrected chi connectivity index (χ4v) is 7.43. The van der Waals surface area contributed by atoms with E-state index < -0.39 is 0 Å². The summed E-state index contributed by atoms with van der Waals surface area (Å²) in [7, 11) is 0. The summed E-state index contributed by atoms with van der Waals surface area (Å²) in [5, 5.41) is 7.30. The van der Waals surface area contributed by atoms with Crippen molar-refractivity contribution in [1.82, 2.24) is 9.13 Å². The molecule has 0 atom stereocenters. The first-order chi connectivity index (χ1) is 22.3. The zero-order chi connectivity index (χ0) is 29.5. The van der Waals surface area contributed by atoms with Crippen molar-refractivity contribution in [2.45, 2.75) is 0 Å². The van der Waals surface area contributed by atoms with Gasteiger partial charge < -0.3 is 13.6 Å². The van der Waals surface area contributed by atoms with Crippen LogP contribution in [0.25, 0.3) is 88.1 Å². The molecule has 0 radical (unpaired) electrons. The van der Waals surface area contributed by atoms with Gasteiger partial charge in [-0.3, -0.25) is 0 Å². The van der Waals surface area contributed by atoms with E-state index in [9.17, 15) is 0 Å². The first kappa shape index (κ1) is 24.4. The molecule has 0 unspecified atom stereocenters. The van der Waals surface area contributed by atoms with Crippen LogP contribution in [0.5, 0.6) is 0 Å². The first-order valence-corrected chi connectivity index (χ1v) is 15.4. The molecule has 0 N–H and O–H groups in total. The molecular formula is C42H26N2O. The van der Waals surface area contributed by atoms with Gasteiger partial charge in [-0.15, -0.1) is 0 Å². The SMILES string of the molecule is c1ccc(-c2ccc(-n3c4ccccc4c4c5c6ccccc6n(-c6cccc7oc8ccccc8c67)c5ccc43)cc2)cc1. The summed E-state index contributed by atoms with van der Waals surface area (Å²) >= 11 is 0. The van der Waals surface area contributed by atoms with Gasteiger partial charge in [-0.05, 0) is 65.7 Å². The Kier molecular flexibility index (Phi) is 5.00. The number of furan rings is 1. The van der Waals surface area contributed by atoms with Crippen molar-refractivity contribution in [3.63, 3.8) is 0 Å². The lowest BCUT2D eigenvalue weighted by molar-refractivity contribution is 0.669. The van der Waals surface area contributed by atoms with Gasteiger partial charge in [-0.2, -0.15) is 0 Å². The van der Waals surface area contributed by atoms with Crippen molar-refractivity contribution in [1.29, 1.82) is 0 Å². The maximum Gasteiger partial charge on any atom is 0.137 e. The van der Waals surface area contributed by atoms with Gasteiger partial charge in [0.1, 0.15) is 11.2 Å². The van der Waals surface area contributed by atoms with Crippen LogP contribution < -0.4 is 0 Å². The minimum absolute atomic E-state index is 0.899. The summed E-state index contributed by atoms with van der Waals surface area (Å²) in [4.78, 5) is 0. The van der Waals surface area contributed by atoms with Gasteiger partial charge in [-0.1, -0.05) is 103 Å². The average molecular weight is 575 g/mol. The normalized spacial score (nSPS) is 12.0. The third-order valence-corrected chi connectivity index (χ3v) is 9.33. The average Bonchev–Trinajstić information content (AvgIpc) is 3.76. The topological polar surface area (TPSA) is 23.0 Å². The Morgan fingerprint density at radius 1 is 0.333 bits per heavy atom. The van der Waals surface area contributed by atoms with E-state index in [1.165, 1.54) is 54.7 Å². The highest BCUT2D eigenvalue weighted by Crippen LogP contribution is 2.44. The molecule has 7 aromatic carbocycles. The van der Waals surface area contributed by atoms with Crippen molar-refractivity contribution in [3.8, 4) is 22.5 Å². The molecule has 0 aliphatic carbocycles. The molecular weight excluding hydrogens is 548 g/mol. The van der Waals surface area contributed by atoms with Gasteiger partial charge in [0.2, 0.25) is 0 Å². The first-order valence-electron chi connectivity index (χ1n) is 15.4. The molecule has 0 fully saturated rings. The fourth-order valence-electron chi connectivity index (χ4n) is 7.43. The van der Waals surface area contributed by atoms with Crippen molar-refractivity contribution in [3.05, 3.63) is 158 Å². The Morgan fingerprint density at radius 3 is 1.62 bits per heavy atom. The molecule has 10 rings (SSSR count). The largest absolute Gasteiger partial charge is 0.456 e. The van der Waals surface area contributed by atoms with Crippen LogP contribution in [0.3, 0.4) is 0 Å². The van der Waals surface area contributed by atoms with E-state index in [0.717, 1.165) is 33.3 Å². The molecule has 3 heteroatoms. The Morgan fingerprint density at radius 2 is 0.889 bits per heavy atom. The Labute approximate surface area is 258 Å². The molecule has 3 nitrogen and oxygen atoms in total. The van der Waals surface area contributed by atoms with Gasteiger partial charge in [-0.25, -0.2) is 0 Å². The molecule has 0 saturated heterocycles. The Bertz CT molecular complexity index is 2740. The predicted octanol–water partition coefficient (Wildman–Crippen LogP) is 11.4. The van der Waals surface area contributed by atoms with Crippen LogP contribution in [-0.2, 0) is 0 Å². The van der Waals surface area contributed by atoms with Crippen LogP contribution in [0.2, 0.25) is 0 Å². The van der Waals surface area contributed by atoms with Crippen LogP contribution in [0.4, 0.5) is 0 Å². The molecule has 0 amide bonds. The molecule has 0 saturated carbocycles. The Hall–Kier alpha value is -6.06. The monoisotopic (exact) mass is 574 g/mol. The second-order valence-electron chi connectivity index (χ2n) is 11.7. The summed E-state index contributed by atoms with van der Waals surface area (Å²) in [5.74, 6) is 0. The number of rotatable bonds is 3. The highest BCUT2D eigenvalue weighted by molar-refractivity contribution is 6.29. The van der Waals surface area contributed by atoms with Crippen molar-refractivity contribution in [2.24, 2.45) is 0 Å². The molecule has 3 aromatic heterocycles. The number of hydrogen-bond acceptors (Lipinski definition) is 1. The fraction of sp³-hybridized carbons (Fsp3) is 0. The molecule has 0 aliphatic heterocycles. The summed E-state index contributed by atoms with van der Waals surface area (Å²) in [6, 6.07) is 56.4. The van der Waals surface area contributed by atoms with Crippen LogP contribution in [-0.4, -0.2) is 9.13 Å². The zero-order valence-corrected chi connectivity index (χ0v) is 24.3. The number of para-hydroxylation sites is 3. The van der Waals surface area contributed by atoms with E-state index in [1.54, 1.807) is 0 Å². The number of hydrogen-bond donors (Lipinski definition) is 0. The van der Waals surface area contributed by atoms with E-state index in [4.69, 9.17) is 4.42 Å². The summed E-state index contributed by atoms with van der Waals surface area (Å²) in [6.07, 6.45) is 0. The molecule has 0 aliphatic rings. The quantitative estimate of drug-likeness (QED) is 0.206. The lowest BCUT2D eigenvalue weighted by Gasteiger charge is -2.11. The molecule has 0 spiro atoms. The Balaban J connectivity index is 1.30. The third-order valence-electron chi connectivity index (χ3n) is 9.33. The van der Waals surface area contributed by atoms with E-state index in [0.29, 0.717) is 0 Å². The summed E-state index contributed by atoms with van der Waals surface area (Å²) in [5.41, 5.74) is 11.3. The van der Waals surface area contributed by atoms with Crippen molar-refractivity contribution >= 4 is 65.6 Å². The van der Waals surface area contributed by atoms with E-state index >= 15 is 0 Å². The molecule has 45 heavy (non-hydrogen) atoms. The van der Waals surface area contributed by atoms with E-state index in [1.807, 2.05) is 6.07 Å². The van der Waals surface area contributed by atoms with E-state index in [2.05, 4.69) is 161 Å². The second kappa shape index (κ2) is 9.22. The number of benzene rings is 7. The van der Waals surface area contributed by atoms with Gasteiger partial charge in [0.05, 0.1) is 33.1 Å². The van der Waals surface area contributed by atoms with Gasteiger partial charge in [0.15, 0.2) is 0 Å².